The molecule has 0 aromatic carbocycles. The molecule has 1 aromatic rings. The van der Waals surface area contributed by atoms with Crippen LogP contribution in [0.25, 0.3) is 0 Å². The van der Waals surface area contributed by atoms with Crippen molar-refractivity contribution in [3.63, 3.8) is 0 Å². The van der Waals surface area contributed by atoms with Gasteiger partial charge < -0.3 is 15.1 Å². The third kappa shape index (κ3) is 3.91. The Hall–Kier alpha value is -0.710. The minimum Gasteiger partial charge on any atom is -0.372 e. The number of halogens is 2. The van der Waals surface area contributed by atoms with Gasteiger partial charge in [-0.2, -0.15) is 0 Å². The Labute approximate surface area is 113 Å². The molecular weight excluding hydrogens is 259 g/mol. The Morgan fingerprint density at radius 2 is 1.82 bits per heavy atom. The van der Waals surface area contributed by atoms with E-state index in [-0.39, 0.29) is 0 Å². The summed E-state index contributed by atoms with van der Waals surface area (Å²) in [6.07, 6.45) is 0. The van der Waals surface area contributed by atoms with Crippen LogP contribution in [0.5, 0.6) is 0 Å². The van der Waals surface area contributed by atoms with Crippen LogP contribution in [0, 0.1) is 0 Å². The Bertz CT molecular complexity index is 382. The number of rotatable bonds is 5. The van der Waals surface area contributed by atoms with E-state index in [2.05, 4.69) is 15.2 Å². The molecule has 17 heavy (non-hydrogen) atoms. The summed E-state index contributed by atoms with van der Waals surface area (Å²) in [5, 5.41) is 4.04. The molecule has 6 heteroatoms. The zero-order valence-corrected chi connectivity index (χ0v) is 12.1. The van der Waals surface area contributed by atoms with E-state index >= 15 is 0 Å². The van der Waals surface area contributed by atoms with Crippen molar-refractivity contribution in [2.24, 2.45) is 0 Å². The van der Waals surface area contributed by atoms with E-state index in [1.54, 1.807) is 13.1 Å². The van der Waals surface area contributed by atoms with Gasteiger partial charge in [0, 0.05) is 27.2 Å². The molecule has 1 aromatic heterocycles. The van der Waals surface area contributed by atoms with Crippen LogP contribution in [-0.4, -0.2) is 51.2 Å². The number of hydrogen-bond acceptors (Lipinski definition) is 4. The van der Waals surface area contributed by atoms with Crippen LogP contribution < -0.4 is 10.2 Å². The molecule has 96 valence electrons. The van der Waals surface area contributed by atoms with Gasteiger partial charge in [0.25, 0.3) is 0 Å². The molecule has 0 radical (unpaired) electrons. The zero-order chi connectivity index (χ0) is 13.0. The van der Waals surface area contributed by atoms with E-state index in [0.717, 1.165) is 18.9 Å². The first-order valence-electron chi connectivity index (χ1n) is 5.35. The zero-order valence-electron chi connectivity index (χ0n) is 10.6. The Balaban J connectivity index is 2.89. The van der Waals surface area contributed by atoms with Gasteiger partial charge in [-0.3, -0.25) is 0 Å². The first-order valence-corrected chi connectivity index (χ1v) is 6.11. The lowest BCUT2D eigenvalue weighted by Crippen LogP contribution is -2.29. The summed E-state index contributed by atoms with van der Waals surface area (Å²) in [7, 11) is 7.81. The minimum atomic E-state index is 0.530. The van der Waals surface area contributed by atoms with Crippen LogP contribution in [0.15, 0.2) is 6.07 Å². The highest BCUT2D eigenvalue weighted by Crippen LogP contribution is 2.30. The average Bonchev–Trinajstić information content (AvgIpc) is 2.26. The maximum absolute atomic E-state index is 6.14. The second-order valence-electron chi connectivity index (χ2n) is 4.10. The third-order valence-corrected chi connectivity index (χ3v) is 2.96. The van der Waals surface area contributed by atoms with E-state index in [1.165, 1.54) is 0 Å². The van der Waals surface area contributed by atoms with Gasteiger partial charge in [0.15, 0.2) is 0 Å². The summed E-state index contributed by atoms with van der Waals surface area (Å²) in [4.78, 5) is 8.52. The molecule has 1 N–H and O–H groups in total. The van der Waals surface area contributed by atoms with E-state index in [0.29, 0.717) is 15.9 Å². The number of nitrogens with zero attached hydrogens (tertiary/aromatic N) is 3. The van der Waals surface area contributed by atoms with Crippen LogP contribution in [0.3, 0.4) is 0 Å². The van der Waals surface area contributed by atoms with Crippen LogP contribution in [0.4, 0.5) is 11.6 Å². The highest BCUT2D eigenvalue weighted by atomic mass is 35.5. The fourth-order valence-corrected chi connectivity index (χ4v) is 1.95. The monoisotopic (exact) mass is 276 g/mol. The Kier molecular flexibility index (Phi) is 5.31. The van der Waals surface area contributed by atoms with Gasteiger partial charge in [0.1, 0.15) is 11.6 Å². The van der Waals surface area contributed by atoms with Crippen LogP contribution in [-0.2, 0) is 0 Å². The summed E-state index contributed by atoms with van der Waals surface area (Å²) in [5.41, 5.74) is 0. The number of likely N-dealkylation sites (N-methyl/N-ethyl adjacent to an activating group) is 2. The van der Waals surface area contributed by atoms with Crippen molar-refractivity contribution >= 4 is 34.8 Å². The fourth-order valence-electron chi connectivity index (χ4n) is 1.36. The lowest BCUT2D eigenvalue weighted by Gasteiger charge is -2.22. The molecule has 0 saturated heterocycles. The number of aromatic nitrogens is 1. The minimum absolute atomic E-state index is 0.530. The lowest BCUT2D eigenvalue weighted by atomic mass is 10.4. The maximum Gasteiger partial charge on any atom is 0.149 e. The van der Waals surface area contributed by atoms with Gasteiger partial charge in [-0.1, -0.05) is 23.2 Å². The summed E-state index contributed by atoms with van der Waals surface area (Å²) in [5.74, 6) is 1.38. The largest absolute Gasteiger partial charge is 0.372 e. The van der Waals surface area contributed by atoms with Crippen LogP contribution >= 0.6 is 23.2 Å². The fraction of sp³-hybridized carbons (Fsp3) is 0.545. The van der Waals surface area contributed by atoms with Gasteiger partial charge >= 0.3 is 0 Å². The Morgan fingerprint density at radius 1 is 1.18 bits per heavy atom. The number of anilines is 2. The summed E-state index contributed by atoms with van der Waals surface area (Å²) in [6.45, 7) is 1.79. The molecule has 0 atom stereocenters. The van der Waals surface area contributed by atoms with Crippen molar-refractivity contribution in [1.29, 1.82) is 0 Å². The molecular formula is C11H18Cl2N4. The number of nitrogens with one attached hydrogen (secondary N) is 1. The molecule has 1 heterocycles. The topological polar surface area (TPSA) is 31.4 Å². The van der Waals surface area contributed by atoms with Gasteiger partial charge in [-0.05, 0) is 20.2 Å². The quantitative estimate of drug-likeness (QED) is 0.895. The van der Waals surface area contributed by atoms with Crippen LogP contribution in [0.1, 0.15) is 0 Å². The molecule has 0 aliphatic carbocycles. The smallest absolute Gasteiger partial charge is 0.149 e. The first-order chi connectivity index (χ1) is 7.95. The van der Waals surface area contributed by atoms with Crippen molar-refractivity contribution < 1.29 is 0 Å². The predicted molar refractivity (Wildman–Crippen MR) is 75.6 cm³/mol. The maximum atomic E-state index is 6.14. The summed E-state index contributed by atoms with van der Waals surface area (Å²) >= 11 is 12.1. The van der Waals surface area contributed by atoms with Gasteiger partial charge in [0.05, 0.1) is 10.0 Å². The summed E-state index contributed by atoms with van der Waals surface area (Å²) in [6, 6.07) is 1.71. The van der Waals surface area contributed by atoms with Crippen molar-refractivity contribution in [2.45, 2.75) is 0 Å². The average molecular weight is 277 g/mol. The van der Waals surface area contributed by atoms with Crippen LogP contribution in [0.2, 0.25) is 10.0 Å². The highest BCUT2D eigenvalue weighted by Gasteiger charge is 2.12. The van der Waals surface area contributed by atoms with E-state index < -0.39 is 0 Å². The second-order valence-corrected chi connectivity index (χ2v) is 4.91. The first kappa shape index (κ1) is 14.4. The normalized spacial score (nSPS) is 10.8. The molecule has 0 saturated carbocycles. The lowest BCUT2D eigenvalue weighted by molar-refractivity contribution is 0.416. The molecule has 0 amide bonds. The van der Waals surface area contributed by atoms with Crippen molar-refractivity contribution in [2.75, 3.05) is 51.5 Å². The van der Waals surface area contributed by atoms with Crippen molar-refractivity contribution in [1.82, 2.24) is 9.88 Å². The molecule has 4 nitrogen and oxygen atoms in total. The number of pyridine rings is 1. The van der Waals surface area contributed by atoms with Gasteiger partial charge in [0.2, 0.25) is 0 Å². The van der Waals surface area contributed by atoms with Gasteiger partial charge in [-0.15, -0.1) is 0 Å². The highest BCUT2D eigenvalue weighted by molar-refractivity contribution is 6.37. The molecule has 0 unspecified atom stereocenters. The predicted octanol–water partition coefficient (Wildman–Crippen LogP) is 2.43. The van der Waals surface area contributed by atoms with E-state index in [1.807, 2.05) is 26.0 Å². The molecule has 0 aliphatic rings. The SMILES string of the molecule is CNc1nc(N(C)CCN(C)C)c(Cl)cc1Cl. The second kappa shape index (κ2) is 6.28. The molecule has 0 spiro atoms. The third-order valence-electron chi connectivity index (χ3n) is 2.39. The Morgan fingerprint density at radius 3 is 2.35 bits per heavy atom. The van der Waals surface area contributed by atoms with E-state index in [4.69, 9.17) is 23.2 Å². The standard InChI is InChI=1S/C11H18Cl2N4/c1-14-10-8(12)7-9(13)11(15-10)17(4)6-5-16(2)3/h7H,5-6H2,1-4H3,(H,14,15). The number of hydrogen-bond donors (Lipinski definition) is 1. The van der Waals surface area contributed by atoms with E-state index in [9.17, 15) is 0 Å². The molecule has 1 rings (SSSR count). The molecule has 0 fully saturated rings. The van der Waals surface area contributed by atoms with Gasteiger partial charge in [-0.25, -0.2) is 4.98 Å². The van der Waals surface area contributed by atoms with Crippen molar-refractivity contribution in [3.05, 3.63) is 16.1 Å². The molecule has 0 bridgehead atoms. The van der Waals surface area contributed by atoms with Crippen molar-refractivity contribution in [3.8, 4) is 0 Å². The molecule has 0 aliphatic heterocycles. The summed E-state index contributed by atoms with van der Waals surface area (Å²) < 4.78 is 0.